The van der Waals surface area contributed by atoms with Crippen LogP contribution >= 0.6 is 0 Å². The molecule has 0 fully saturated rings. The third-order valence-corrected chi connectivity index (χ3v) is 1.82. The summed E-state index contributed by atoms with van der Waals surface area (Å²) in [5, 5.41) is 19.2. The van der Waals surface area contributed by atoms with Crippen LogP contribution in [0.5, 0.6) is 0 Å². The highest BCUT2D eigenvalue weighted by Gasteiger charge is 2.24. The first-order chi connectivity index (χ1) is 5.97. The normalized spacial score (nSPS) is 15.3. The number of aromatic nitrogens is 1. The first kappa shape index (κ1) is 9.69. The van der Waals surface area contributed by atoms with Crippen LogP contribution in [0.2, 0.25) is 0 Å². The van der Waals surface area contributed by atoms with Crippen LogP contribution in [0.15, 0.2) is 12.3 Å². The standard InChI is InChI=1S/C7H11N3O3/c1-7(8,4-11)6-2-5(3-9-6)10(12)13/h2-3,9,11H,4,8H2,1H3/t7-/m0/s1. The maximum Gasteiger partial charge on any atom is 0.287 e. The Morgan fingerprint density at radius 1 is 1.85 bits per heavy atom. The molecule has 0 saturated carbocycles. The van der Waals surface area contributed by atoms with Crippen LogP contribution in [0.1, 0.15) is 12.6 Å². The summed E-state index contributed by atoms with van der Waals surface area (Å²) in [4.78, 5) is 12.4. The van der Waals surface area contributed by atoms with E-state index in [1.807, 2.05) is 0 Å². The minimum Gasteiger partial charge on any atom is -0.394 e. The zero-order valence-corrected chi connectivity index (χ0v) is 7.15. The first-order valence-corrected chi connectivity index (χ1v) is 3.70. The monoisotopic (exact) mass is 185 g/mol. The Morgan fingerprint density at radius 2 is 2.46 bits per heavy atom. The lowest BCUT2D eigenvalue weighted by atomic mass is 10.0. The Hall–Kier alpha value is -1.40. The number of H-pyrrole nitrogens is 1. The van der Waals surface area contributed by atoms with Crippen LogP contribution in [0.4, 0.5) is 5.69 Å². The highest BCUT2D eigenvalue weighted by atomic mass is 16.6. The van der Waals surface area contributed by atoms with Crippen molar-refractivity contribution >= 4 is 5.69 Å². The average Bonchev–Trinajstić information content (AvgIpc) is 2.52. The smallest absolute Gasteiger partial charge is 0.287 e. The molecule has 0 saturated heterocycles. The second kappa shape index (κ2) is 3.15. The van der Waals surface area contributed by atoms with Crippen LogP contribution in [0, 0.1) is 10.1 Å². The number of nitrogens with two attached hydrogens (primary N) is 1. The van der Waals surface area contributed by atoms with E-state index in [9.17, 15) is 10.1 Å². The van der Waals surface area contributed by atoms with Crippen molar-refractivity contribution in [1.29, 1.82) is 0 Å². The number of aliphatic hydroxyl groups excluding tert-OH is 1. The van der Waals surface area contributed by atoms with Crippen LogP contribution in [0.25, 0.3) is 0 Å². The predicted molar refractivity (Wildman–Crippen MR) is 46.1 cm³/mol. The average molecular weight is 185 g/mol. The zero-order valence-electron chi connectivity index (χ0n) is 7.15. The Morgan fingerprint density at radius 3 is 2.85 bits per heavy atom. The van der Waals surface area contributed by atoms with Crippen molar-refractivity contribution in [3.63, 3.8) is 0 Å². The quantitative estimate of drug-likeness (QED) is 0.458. The molecule has 0 aliphatic carbocycles. The summed E-state index contributed by atoms with van der Waals surface area (Å²) in [5.74, 6) is 0. The van der Waals surface area contributed by atoms with Crippen LogP contribution < -0.4 is 5.73 Å². The van der Waals surface area contributed by atoms with E-state index in [2.05, 4.69) is 4.98 Å². The minimum atomic E-state index is -0.964. The fraction of sp³-hybridized carbons (Fsp3) is 0.429. The molecule has 0 amide bonds. The van der Waals surface area contributed by atoms with Crippen LogP contribution in [0.3, 0.4) is 0 Å². The molecule has 1 heterocycles. The molecule has 0 spiro atoms. The van der Waals surface area contributed by atoms with E-state index in [1.54, 1.807) is 6.92 Å². The van der Waals surface area contributed by atoms with Gasteiger partial charge in [-0.2, -0.15) is 0 Å². The molecule has 1 aromatic rings. The second-order valence-electron chi connectivity index (χ2n) is 3.10. The molecule has 0 bridgehead atoms. The van der Waals surface area contributed by atoms with E-state index < -0.39 is 10.5 Å². The molecule has 13 heavy (non-hydrogen) atoms. The summed E-state index contributed by atoms with van der Waals surface area (Å²) in [6.07, 6.45) is 1.25. The van der Waals surface area contributed by atoms with Crippen LogP contribution in [-0.2, 0) is 5.54 Å². The maximum atomic E-state index is 10.3. The van der Waals surface area contributed by atoms with Crippen molar-refractivity contribution in [2.45, 2.75) is 12.5 Å². The number of aromatic amines is 1. The van der Waals surface area contributed by atoms with Crippen molar-refractivity contribution in [3.8, 4) is 0 Å². The van der Waals surface area contributed by atoms with E-state index >= 15 is 0 Å². The summed E-state index contributed by atoms with van der Waals surface area (Å²) < 4.78 is 0. The van der Waals surface area contributed by atoms with Gasteiger partial charge in [0.1, 0.15) is 0 Å². The topological polar surface area (TPSA) is 105 Å². The molecular formula is C7H11N3O3. The fourth-order valence-corrected chi connectivity index (χ4v) is 0.903. The molecule has 0 radical (unpaired) electrons. The number of nitro groups is 1. The third-order valence-electron chi connectivity index (χ3n) is 1.82. The van der Waals surface area contributed by atoms with E-state index in [0.717, 1.165) is 0 Å². The van der Waals surface area contributed by atoms with Gasteiger partial charge in [0.15, 0.2) is 0 Å². The first-order valence-electron chi connectivity index (χ1n) is 3.70. The number of hydrogen-bond acceptors (Lipinski definition) is 4. The lowest BCUT2D eigenvalue weighted by Crippen LogP contribution is -2.37. The van der Waals surface area contributed by atoms with Gasteiger partial charge in [0.05, 0.1) is 23.3 Å². The molecule has 0 aliphatic heterocycles. The van der Waals surface area contributed by atoms with Crippen molar-refractivity contribution < 1.29 is 10.0 Å². The van der Waals surface area contributed by atoms with E-state index in [1.165, 1.54) is 12.3 Å². The van der Waals surface area contributed by atoms with Gasteiger partial charge in [0, 0.05) is 11.8 Å². The molecule has 1 atom stereocenters. The van der Waals surface area contributed by atoms with E-state index in [0.29, 0.717) is 5.69 Å². The van der Waals surface area contributed by atoms with Crippen molar-refractivity contribution in [3.05, 3.63) is 28.1 Å². The number of hydrogen-bond donors (Lipinski definition) is 3. The van der Waals surface area contributed by atoms with Crippen molar-refractivity contribution in [1.82, 2.24) is 4.98 Å². The van der Waals surface area contributed by atoms with Gasteiger partial charge < -0.3 is 15.8 Å². The highest BCUT2D eigenvalue weighted by Crippen LogP contribution is 2.20. The fourth-order valence-electron chi connectivity index (χ4n) is 0.903. The van der Waals surface area contributed by atoms with E-state index in [-0.39, 0.29) is 12.3 Å². The SMILES string of the molecule is C[C@](N)(CO)c1cc([N+](=O)[O-])c[nH]1. The molecule has 0 aliphatic rings. The Balaban J connectivity index is 2.98. The number of nitrogens with one attached hydrogen (secondary N) is 1. The summed E-state index contributed by atoms with van der Waals surface area (Å²) in [6.45, 7) is 1.31. The van der Waals surface area contributed by atoms with Gasteiger partial charge in [0.25, 0.3) is 5.69 Å². The van der Waals surface area contributed by atoms with Gasteiger partial charge in [0.2, 0.25) is 0 Å². The van der Waals surface area contributed by atoms with Gasteiger partial charge in [-0.25, -0.2) is 0 Å². The Labute approximate surface area is 74.5 Å². The molecule has 1 rings (SSSR count). The van der Waals surface area contributed by atoms with Gasteiger partial charge in [-0.05, 0) is 6.92 Å². The van der Waals surface area contributed by atoms with Gasteiger partial charge in [-0.15, -0.1) is 0 Å². The molecule has 6 nitrogen and oxygen atoms in total. The second-order valence-corrected chi connectivity index (χ2v) is 3.10. The van der Waals surface area contributed by atoms with Crippen molar-refractivity contribution in [2.24, 2.45) is 5.73 Å². The molecule has 0 aromatic carbocycles. The minimum absolute atomic E-state index is 0.0554. The highest BCUT2D eigenvalue weighted by molar-refractivity contribution is 5.33. The molecule has 72 valence electrons. The molecule has 4 N–H and O–H groups in total. The summed E-state index contributed by atoms with van der Waals surface area (Å²) in [6, 6.07) is 1.32. The van der Waals surface area contributed by atoms with Gasteiger partial charge in [-0.3, -0.25) is 10.1 Å². The summed E-state index contributed by atoms with van der Waals surface area (Å²) in [7, 11) is 0. The maximum absolute atomic E-state index is 10.3. The van der Waals surface area contributed by atoms with E-state index in [4.69, 9.17) is 10.8 Å². The third kappa shape index (κ3) is 1.85. The van der Waals surface area contributed by atoms with Crippen LogP contribution in [-0.4, -0.2) is 21.6 Å². The lowest BCUT2D eigenvalue weighted by Gasteiger charge is -2.19. The number of nitrogens with zero attached hydrogens (tertiary/aromatic N) is 1. The summed E-state index contributed by atoms with van der Waals surface area (Å²) >= 11 is 0. The molecular weight excluding hydrogens is 174 g/mol. The predicted octanol–water partition coefficient (Wildman–Crippen LogP) is 0.0891. The Kier molecular flexibility index (Phi) is 2.35. The molecule has 1 aromatic heterocycles. The number of rotatable bonds is 3. The van der Waals surface area contributed by atoms with Gasteiger partial charge >= 0.3 is 0 Å². The molecule has 0 unspecified atom stereocenters. The lowest BCUT2D eigenvalue weighted by molar-refractivity contribution is -0.384. The Bertz CT molecular complexity index is 319. The van der Waals surface area contributed by atoms with Crippen molar-refractivity contribution in [2.75, 3.05) is 6.61 Å². The summed E-state index contributed by atoms with van der Waals surface area (Å²) in [5.41, 5.74) is 5.07. The largest absolute Gasteiger partial charge is 0.394 e. The molecule has 6 heteroatoms. The zero-order chi connectivity index (χ0) is 10.1. The van der Waals surface area contributed by atoms with Gasteiger partial charge in [-0.1, -0.05) is 0 Å². The number of aliphatic hydroxyl groups is 1.